The summed E-state index contributed by atoms with van der Waals surface area (Å²) >= 11 is 12.8. The molecule has 2 aromatic carbocycles. The molecule has 1 atom stereocenters. The van der Waals surface area contributed by atoms with E-state index >= 15 is 0 Å². The molecule has 3 amide bonds. The molecule has 3 aromatic rings. The minimum Gasteiger partial charge on any atom is -0.497 e. The van der Waals surface area contributed by atoms with Crippen LogP contribution in [0.5, 0.6) is 5.75 Å². The second-order valence-electron chi connectivity index (χ2n) is 7.22. The van der Waals surface area contributed by atoms with Gasteiger partial charge in [-0.05, 0) is 66.1 Å². The average Bonchev–Trinajstić information content (AvgIpc) is 3.43. The Morgan fingerprint density at radius 2 is 1.91 bits per heavy atom. The zero-order valence-corrected chi connectivity index (χ0v) is 20.2. The fraction of sp³-hybridized carbons (Fsp3) is 0.130. The number of hydrazine groups is 1. The molecule has 0 aliphatic carbocycles. The molecule has 11 heteroatoms. The zero-order chi connectivity index (χ0) is 24.2. The molecule has 8 nitrogen and oxygen atoms in total. The number of thiocarbonyl (C=S) groups is 1. The van der Waals surface area contributed by atoms with E-state index in [0.29, 0.717) is 27.0 Å². The molecule has 1 fully saturated rings. The van der Waals surface area contributed by atoms with E-state index in [1.165, 1.54) is 28.4 Å². The predicted molar refractivity (Wildman–Crippen MR) is 135 cm³/mol. The molecule has 1 aromatic heterocycles. The maximum absolute atomic E-state index is 13.4. The van der Waals surface area contributed by atoms with Gasteiger partial charge in [0.1, 0.15) is 11.8 Å². The number of carbonyl (C=O) groups excluding carboxylic acids is 3. The van der Waals surface area contributed by atoms with E-state index in [2.05, 4.69) is 10.7 Å². The van der Waals surface area contributed by atoms with E-state index in [1.54, 1.807) is 66.0 Å². The molecule has 0 radical (unpaired) electrons. The minimum absolute atomic E-state index is 0.0561. The number of nitrogens with zero attached hydrogens (tertiary/aromatic N) is 2. The molecule has 1 aliphatic heterocycles. The lowest BCUT2D eigenvalue weighted by atomic mass is 10.1. The number of anilines is 2. The van der Waals surface area contributed by atoms with Gasteiger partial charge in [0, 0.05) is 10.7 Å². The van der Waals surface area contributed by atoms with Gasteiger partial charge in [-0.25, -0.2) is 5.01 Å². The summed E-state index contributed by atoms with van der Waals surface area (Å²) in [5, 5.41) is 6.28. The Labute approximate surface area is 210 Å². The molecule has 0 spiro atoms. The Morgan fingerprint density at radius 3 is 2.56 bits per heavy atom. The van der Waals surface area contributed by atoms with Crippen molar-refractivity contribution in [1.82, 2.24) is 10.4 Å². The van der Waals surface area contributed by atoms with Gasteiger partial charge in [-0.3, -0.25) is 24.7 Å². The van der Waals surface area contributed by atoms with Crippen molar-refractivity contribution >= 4 is 69.4 Å². The number of methoxy groups -OCH3 is 1. The number of thiophene rings is 1. The Hall–Kier alpha value is -3.47. The van der Waals surface area contributed by atoms with Crippen LogP contribution < -0.4 is 20.4 Å². The van der Waals surface area contributed by atoms with Crippen molar-refractivity contribution in [1.29, 1.82) is 0 Å². The molecule has 0 saturated carbocycles. The van der Waals surface area contributed by atoms with Crippen LogP contribution in [-0.4, -0.2) is 41.0 Å². The second-order valence-corrected chi connectivity index (χ2v) is 8.97. The van der Waals surface area contributed by atoms with E-state index in [1.807, 2.05) is 0 Å². The molecule has 1 saturated heterocycles. The van der Waals surface area contributed by atoms with Crippen LogP contribution >= 0.6 is 35.2 Å². The number of halogens is 1. The van der Waals surface area contributed by atoms with Crippen molar-refractivity contribution in [2.75, 3.05) is 17.3 Å². The SMILES string of the molecule is COc1ccc(N2C(=O)C(CC(=O)Nc3cccc(Cl)c3)N(NC(=O)c3cccs3)C2=S)cc1. The first kappa shape index (κ1) is 23.7. The number of ether oxygens (including phenoxy) is 1. The molecule has 174 valence electrons. The van der Waals surface area contributed by atoms with Crippen molar-refractivity contribution < 1.29 is 19.1 Å². The third-order valence-electron chi connectivity index (χ3n) is 5.00. The normalized spacial score (nSPS) is 15.4. The maximum Gasteiger partial charge on any atom is 0.279 e. The van der Waals surface area contributed by atoms with Gasteiger partial charge in [-0.15, -0.1) is 11.3 Å². The van der Waals surface area contributed by atoms with E-state index in [0.717, 1.165) is 0 Å². The van der Waals surface area contributed by atoms with Gasteiger partial charge < -0.3 is 10.1 Å². The predicted octanol–water partition coefficient (Wildman–Crippen LogP) is 4.09. The van der Waals surface area contributed by atoms with Crippen molar-refractivity contribution in [3.63, 3.8) is 0 Å². The second kappa shape index (κ2) is 10.2. The Kier molecular flexibility index (Phi) is 7.11. The third-order valence-corrected chi connectivity index (χ3v) is 6.48. The van der Waals surface area contributed by atoms with Crippen molar-refractivity contribution in [3.8, 4) is 5.75 Å². The Bertz CT molecular complexity index is 1230. The highest BCUT2D eigenvalue weighted by atomic mass is 35.5. The number of hydrogen-bond acceptors (Lipinski definition) is 6. The number of rotatable bonds is 7. The molecule has 2 N–H and O–H groups in total. The summed E-state index contributed by atoms with van der Waals surface area (Å²) in [7, 11) is 1.54. The quantitative estimate of drug-likeness (QED) is 0.462. The van der Waals surface area contributed by atoms with E-state index < -0.39 is 23.8 Å². The van der Waals surface area contributed by atoms with Gasteiger partial charge in [0.05, 0.1) is 24.1 Å². The number of carbonyl (C=O) groups is 3. The summed E-state index contributed by atoms with van der Waals surface area (Å²) in [6.45, 7) is 0. The largest absolute Gasteiger partial charge is 0.497 e. The molecular formula is C23H19ClN4O4S2. The van der Waals surface area contributed by atoms with Crippen molar-refractivity contribution in [2.45, 2.75) is 12.5 Å². The smallest absolute Gasteiger partial charge is 0.279 e. The Morgan fingerprint density at radius 1 is 1.15 bits per heavy atom. The molecule has 2 heterocycles. The molecule has 34 heavy (non-hydrogen) atoms. The van der Waals surface area contributed by atoms with Gasteiger partial charge in [0.2, 0.25) is 11.0 Å². The summed E-state index contributed by atoms with van der Waals surface area (Å²) in [6.07, 6.45) is -0.247. The monoisotopic (exact) mass is 514 g/mol. The molecule has 1 unspecified atom stereocenters. The van der Waals surface area contributed by atoms with Gasteiger partial charge >= 0.3 is 0 Å². The summed E-state index contributed by atoms with van der Waals surface area (Å²) < 4.78 is 5.17. The average molecular weight is 515 g/mol. The van der Waals surface area contributed by atoms with Crippen LogP contribution in [-0.2, 0) is 9.59 Å². The Balaban J connectivity index is 1.59. The first-order chi connectivity index (χ1) is 16.4. The fourth-order valence-electron chi connectivity index (χ4n) is 3.39. The lowest BCUT2D eigenvalue weighted by Gasteiger charge is -2.24. The lowest BCUT2D eigenvalue weighted by molar-refractivity contribution is -0.124. The minimum atomic E-state index is -1.04. The molecule has 1 aliphatic rings. The van der Waals surface area contributed by atoms with Crippen molar-refractivity contribution in [3.05, 3.63) is 75.9 Å². The number of amides is 3. The standard InChI is InChI=1S/C23H19ClN4O4S2/c1-32-17-9-7-16(8-10-17)27-22(31)18(13-20(29)25-15-5-2-4-14(24)12-15)28(23(27)33)26-21(30)19-6-3-11-34-19/h2-12,18H,13H2,1H3,(H,25,29)(H,26,30). The fourth-order valence-corrected chi connectivity index (χ4v) is 4.57. The summed E-state index contributed by atoms with van der Waals surface area (Å²) in [5.74, 6) is -0.693. The van der Waals surface area contributed by atoms with Crippen LogP contribution in [0.15, 0.2) is 66.0 Å². The van der Waals surface area contributed by atoms with Crippen LogP contribution in [0.4, 0.5) is 11.4 Å². The molecule has 0 bridgehead atoms. The van der Waals surface area contributed by atoms with Gasteiger partial charge in [0.25, 0.3) is 11.8 Å². The summed E-state index contributed by atoms with van der Waals surface area (Å²) in [6, 6.07) is 15.8. The van der Waals surface area contributed by atoms with Gasteiger partial charge in [-0.2, -0.15) is 0 Å². The van der Waals surface area contributed by atoms with E-state index in [-0.39, 0.29) is 11.5 Å². The van der Waals surface area contributed by atoms with Gasteiger partial charge in [0.15, 0.2) is 0 Å². The van der Waals surface area contributed by atoms with Gasteiger partial charge in [-0.1, -0.05) is 23.7 Å². The van der Waals surface area contributed by atoms with Crippen LogP contribution in [0.3, 0.4) is 0 Å². The first-order valence-electron chi connectivity index (χ1n) is 10.1. The van der Waals surface area contributed by atoms with Crippen LogP contribution in [0.2, 0.25) is 5.02 Å². The topological polar surface area (TPSA) is 91.0 Å². The highest BCUT2D eigenvalue weighted by Gasteiger charge is 2.45. The highest BCUT2D eigenvalue weighted by Crippen LogP contribution is 2.28. The third kappa shape index (κ3) is 5.04. The number of hydrogen-bond donors (Lipinski definition) is 2. The maximum atomic E-state index is 13.4. The van der Waals surface area contributed by atoms with Crippen LogP contribution in [0, 0.1) is 0 Å². The molecule has 4 rings (SSSR count). The van der Waals surface area contributed by atoms with E-state index in [4.69, 9.17) is 28.6 Å². The summed E-state index contributed by atoms with van der Waals surface area (Å²) in [5.41, 5.74) is 3.67. The summed E-state index contributed by atoms with van der Waals surface area (Å²) in [4.78, 5) is 40.7. The first-order valence-corrected chi connectivity index (χ1v) is 11.7. The van der Waals surface area contributed by atoms with Crippen LogP contribution in [0.1, 0.15) is 16.1 Å². The lowest BCUT2D eigenvalue weighted by Crippen LogP contribution is -2.49. The van der Waals surface area contributed by atoms with Crippen molar-refractivity contribution in [2.24, 2.45) is 0 Å². The zero-order valence-electron chi connectivity index (χ0n) is 17.9. The molecular weight excluding hydrogens is 496 g/mol. The van der Waals surface area contributed by atoms with E-state index in [9.17, 15) is 14.4 Å². The number of nitrogens with one attached hydrogen (secondary N) is 2. The highest BCUT2D eigenvalue weighted by molar-refractivity contribution is 7.80. The van der Waals surface area contributed by atoms with Crippen LogP contribution in [0.25, 0.3) is 0 Å². The number of benzene rings is 2.